The van der Waals surface area contributed by atoms with E-state index in [1.165, 1.54) is 18.5 Å². The van der Waals surface area contributed by atoms with Gasteiger partial charge in [-0.25, -0.2) is 14.4 Å². The molecule has 156 valence electrons. The van der Waals surface area contributed by atoms with Crippen LogP contribution in [0.15, 0.2) is 35.0 Å². The van der Waals surface area contributed by atoms with E-state index in [9.17, 15) is 9.18 Å². The van der Waals surface area contributed by atoms with Crippen molar-refractivity contribution >= 4 is 22.8 Å². The van der Waals surface area contributed by atoms with Crippen LogP contribution >= 0.6 is 0 Å². The predicted octanol–water partition coefficient (Wildman–Crippen LogP) is 3.93. The number of aromatic nitrogens is 2. The van der Waals surface area contributed by atoms with Gasteiger partial charge < -0.3 is 19.4 Å². The van der Waals surface area contributed by atoms with Gasteiger partial charge in [-0.15, -0.1) is 0 Å². The summed E-state index contributed by atoms with van der Waals surface area (Å²) in [5.41, 5.74) is 0.921. The van der Waals surface area contributed by atoms with Crippen molar-refractivity contribution in [2.75, 3.05) is 18.4 Å². The fourth-order valence-corrected chi connectivity index (χ4v) is 3.87. The summed E-state index contributed by atoms with van der Waals surface area (Å²) < 4.78 is 24.8. The summed E-state index contributed by atoms with van der Waals surface area (Å²) in [6, 6.07) is 5.93. The second kappa shape index (κ2) is 6.97. The van der Waals surface area contributed by atoms with Crippen LogP contribution < -0.4 is 10.1 Å². The van der Waals surface area contributed by atoms with Gasteiger partial charge in [-0.1, -0.05) is 0 Å². The number of halogens is 1. The molecule has 5 rings (SSSR count). The van der Waals surface area contributed by atoms with Crippen molar-refractivity contribution in [1.29, 1.82) is 0 Å². The Kier molecular flexibility index (Phi) is 4.38. The highest BCUT2D eigenvalue weighted by Gasteiger charge is 2.39. The minimum absolute atomic E-state index is 0.00845. The molecular formula is C22H23FN4O3. The molecule has 1 saturated carbocycles. The van der Waals surface area contributed by atoms with Crippen molar-refractivity contribution in [3.63, 3.8) is 0 Å². The van der Waals surface area contributed by atoms with Crippen LogP contribution in [-0.4, -0.2) is 45.5 Å². The van der Waals surface area contributed by atoms with E-state index in [0.29, 0.717) is 53.5 Å². The van der Waals surface area contributed by atoms with Crippen LogP contribution in [0.1, 0.15) is 42.3 Å². The lowest BCUT2D eigenvalue weighted by atomic mass is 10.1. The Morgan fingerprint density at radius 3 is 2.80 bits per heavy atom. The van der Waals surface area contributed by atoms with Crippen LogP contribution in [0.3, 0.4) is 0 Å². The molecular weight excluding hydrogens is 387 g/mol. The number of ether oxygens (including phenoxy) is 1. The lowest BCUT2D eigenvalue weighted by molar-refractivity contribution is 0.0772. The average molecular weight is 410 g/mol. The summed E-state index contributed by atoms with van der Waals surface area (Å²) in [4.78, 5) is 23.8. The molecule has 1 aliphatic heterocycles. The first-order valence-corrected chi connectivity index (χ1v) is 10.2. The minimum Gasteiger partial charge on any atom is -0.489 e. The van der Waals surface area contributed by atoms with Crippen molar-refractivity contribution in [2.45, 2.75) is 44.8 Å². The zero-order chi connectivity index (χ0) is 20.9. The summed E-state index contributed by atoms with van der Waals surface area (Å²) in [5.74, 6) is 1.34. The summed E-state index contributed by atoms with van der Waals surface area (Å²) in [6.45, 7) is 4.94. The number of carbonyl (C=O) groups is 1. The highest BCUT2D eigenvalue weighted by molar-refractivity contribution is 6.10. The van der Waals surface area contributed by atoms with E-state index in [1.54, 1.807) is 24.0 Å². The highest BCUT2D eigenvalue weighted by Crippen LogP contribution is 2.40. The molecule has 1 aliphatic carbocycles. The Morgan fingerprint density at radius 2 is 2.07 bits per heavy atom. The molecule has 3 heterocycles. The molecule has 0 bridgehead atoms. The zero-order valence-corrected chi connectivity index (χ0v) is 16.9. The number of likely N-dealkylation sites (tertiary alicyclic amines) is 1. The summed E-state index contributed by atoms with van der Waals surface area (Å²) in [7, 11) is 0. The lowest BCUT2D eigenvalue weighted by Crippen LogP contribution is -2.31. The van der Waals surface area contributed by atoms with Gasteiger partial charge in [0.05, 0.1) is 17.5 Å². The Morgan fingerprint density at radius 1 is 1.30 bits per heavy atom. The molecule has 1 amide bonds. The molecule has 1 saturated heterocycles. The molecule has 7 nitrogen and oxygen atoms in total. The van der Waals surface area contributed by atoms with Gasteiger partial charge in [-0.05, 0) is 51.0 Å². The predicted molar refractivity (Wildman–Crippen MR) is 109 cm³/mol. The topological polar surface area (TPSA) is 80.5 Å². The van der Waals surface area contributed by atoms with E-state index in [2.05, 4.69) is 22.2 Å². The summed E-state index contributed by atoms with van der Waals surface area (Å²) >= 11 is 0. The first-order chi connectivity index (χ1) is 14.4. The van der Waals surface area contributed by atoms with Gasteiger partial charge in [0, 0.05) is 18.5 Å². The Bertz CT molecular complexity index is 1110. The first-order valence-electron chi connectivity index (χ1n) is 10.2. The number of amides is 1. The standard InChI is InChI=1S/C22H23FN4O3/c1-13-17(18-19(26-22(2)8-9-22)24-12-25-20(18)29-13)21(28)27-10-7-16(11-27)30-15-5-3-14(23)4-6-15/h3-6,12,16H,7-11H2,1-2H3,(H,24,25,26). The fraction of sp³-hybridized carbons (Fsp3) is 0.409. The first kappa shape index (κ1) is 18.8. The van der Waals surface area contributed by atoms with Gasteiger partial charge in [-0.3, -0.25) is 4.79 Å². The summed E-state index contributed by atoms with van der Waals surface area (Å²) in [5, 5.41) is 4.08. The van der Waals surface area contributed by atoms with Gasteiger partial charge >= 0.3 is 0 Å². The number of carbonyl (C=O) groups excluding carboxylic acids is 1. The zero-order valence-electron chi connectivity index (χ0n) is 16.9. The third-order valence-electron chi connectivity index (χ3n) is 5.85. The van der Waals surface area contributed by atoms with E-state index in [0.717, 1.165) is 12.8 Å². The number of hydrogen-bond donors (Lipinski definition) is 1. The van der Waals surface area contributed by atoms with Crippen LogP contribution in [0.2, 0.25) is 0 Å². The van der Waals surface area contributed by atoms with Crippen LogP contribution in [0.4, 0.5) is 10.2 Å². The molecule has 1 unspecified atom stereocenters. The van der Waals surface area contributed by atoms with E-state index >= 15 is 0 Å². The van der Waals surface area contributed by atoms with E-state index in [4.69, 9.17) is 9.15 Å². The van der Waals surface area contributed by atoms with E-state index in [-0.39, 0.29) is 23.4 Å². The Balaban J connectivity index is 1.38. The molecule has 0 radical (unpaired) electrons. The van der Waals surface area contributed by atoms with Crippen LogP contribution in [0, 0.1) is 12.7 Å². The van der Waals surface area contributed by atoms with Gasteiger partial charge in [0.2, 0.25) is 5.71 Å². The quantitative estimate of drug-likeness (QED) is 0.687. The van der Waals surface area contributed by atoms with Crippen LogP contribution in [-0.2, 0) is 0 Å². The number of furan rings is 1. The number of fused-ring (bicyclic) bond motifs is 1. The molecule has 30 heavy (non-hydrogen) atoms. The molecule has 8 heteroatoms. The van der Waals surface area contributed by atoms with Gasteiger partial charge in [0.1, 0.15) is 35.6 Å². The molecule has 2 fully saturated rings. The molecule has 1 N–H and O–H groups in total. The molecule has 3 aromatic rings. The van der Waals surface area contributed by atoms with E-state index < -0.39 is 0 Å². The second-order valence-electron chi connectivity index (χ2n) is 8.35. The van der Waals surface area contributed by atoms with Crippen molar-refractivity contribution in [3.05, 3.63) is 47.7 Å². The fourth-order valence-electron chi connectivity index (χ4n) is 3.87. The number of anilines is 1. The lowest BCUT2D eigenvalue weighted by Gasteiger charge is -2.18. The van der Waals surface area contributed by atoms with Gasteiger partial charge in [0.25, 0.3) is 5.91 Å². The third kappa shape index (κ3) is 3.46. The SMILES string of the molecule is Cc1oc2ncnc(NC3(C)CC3)c2c1C(=O)N1CCC(Oc2ccc(F)cc2)C1. The van der Waals surface area contributed by atoms with Gasteiger partial charge in [0.15, 0.2) is 0 Å². The third-order valence-corrected chi connectivity index (χ3v) is 5.85. The van der Waals surface area contributed by atoms with E-state index in [1.807, 2.05) is 0 Å². The van der Waals surface area contributed by atoms with Gasteiger partial charge in [-0.2, -0.15) is 0 Å². The number of benzene rings is 1. The maximum absolute atomic E-state index is 13.4. The maximum Gasteiger partial charge on any atom is 0.258 e. The van der Waals surface area contributed by atoms with Crippen molar-refractivity contribution in [2.24, 2.45) is 0 Å². The minimum atomic E-state index is -0.306. The number of nitrogens with zero attached hydrogens (tertiary/aromatic N) is 3. The highest BCUT2D eigenvalue weighted by atomic mass is 19.1. The monoisotopic (exact) mass is 410 g/mol. The largest absolute Gasteiger partial charge is 0.489 e. The van der Waals surface area contributed by atoms with Crippen molar-refractivity contribution in [3.8, 4) is 5.75 Å². The van der Waals surface area contributed by atoms with Crippen molar-refractivity contribution < 1.29 is 18.3 Å². The molecule has 2 aromatic heterocycles. The van der Waals surface area contributed by atoms with Crippen LogP contribution in [0.5, 0.6) is 5.75 Å². The Labute approximate surface area is 173 Å². The number of hydrogen-bond acceptors (Lipinski definition) is 6. The molecule has 0 spiro atoms. The summed E-state index contributed by atoms with van der Waals surface area (Å²) in [6.07, 6.45) is 4.14. The molecule has 2 aliphatic rings. The number of rotatable bonds is 5. The smallest absolute Gasteiger partial charge is 0.258 e. The normalized spacial score (nSPS) is 19.8. The number of nitrogens with one attached hydrogen (secondary N) is 1. The Hall–Kier alpha value is -3.16. The average Bonchev–Trinajstić information content (AvgIpc) is 3.12. The number of aryl methyl sites for hydroxylation is 1. The molecule has 1 aromatic carbocycles. The van der Waals surface area contributed by atoms with Crippen LogP contribution in [0.25, 0.3) is 11.1 Å². The van der Waals surface area contributed by atoms with Crippen molar-refractivity contribution in [1.82, 2.24) is 14.9 Å². The molecule has 1 atom stereocenters. The second-order valence-corrected chi connectivity index (χ2v) is 8.35. The maximum atomic E-state index is 13.4.